The zero-order valence-corrected chi connectivity index (χ0v) is 6.34. The normalized spacial score (nSPS) is 20.0. The number of hydrogen-bond acceptors (Lipinski definition) is 1. The Labute approximate surface area is 63.0 Å². The summed E-state index contributed by atoms with van der Waals surface area (Å²) >= 11 is 0. The molecule has 1 fully saturated rings. The molecule has 0 bridgehead atoms. The van der Waals surface area contributed by atoms with Gasteiger partial charge in [-0.25, -0.2) is 0 Å². The quantitative estimate of drug-likeness (QED) is 0.461. The van der Waals surface area contributed by atoms with E-state index in [2.05, 4.69) is 5.92 Å². The first-order valence-corrected chi connectivity index (χ1v) is 4.03. The lowest BCUT2D eigenvalue weighted by molar-refractivity contribution is 0.533. The molecule has 0 aromatic heterocycles. The van der Waals surface area contributed by atoms with Crippen LogP contribution in [-0.4, -0.2) is 6.04 Å². The van der Waals surface area contributed by atoms with Gasteiger partial charge in [0.2, 0.25) is 0 Å². The van der Waals surface area contributed by atoms with E-state index in [-0.39, 0.29) is 0 Å². The van der Waals surface area contributed by atoms with Crippen molar-refractivity contribution in [2.75, 3.05) is 0 Å². The summed E-state index contributed by atoms with van der Waals surface area (Å²) in [6.45, 7) is 0. The molecule has 56 valence electrons. The van der Waals surface area contributed by atoms with Crippen LogP contribution in [0.2, 0.25) is 0 Å². The maximum absolute atomic E-state index is 5.85. The Hall–Kier alpha value is -0.480. The second kappa shape index (κ2) is 3.63. The Morgan fingerprint density at radius 2 is 2.30 bits per heavy atom. The predicted molar refractivity (Wildman–Crippen MR) is 43.4 cm³/mol. The maximum Gasteiger partial charge on any atom is 0.00866 e. The largest absolute Gasteiger partial charge is 0.327 e. The van der Waals surface area contributed by atoms with Crippen LogP contribution in [0.5, 0.6) is 0 Å². The average Bonchev–Trinajstić information content (AvgIpc) is 2.69. The highest BCUT2D eigenvalue weighted by Crippen LogP contribution is 2.33. The molecule has 2 N–H and O–H groups in total. The molecule has 0 spiro atoms. The summed E-state index contributed by atoms with van der Waals surface area (Å²) in [5.74, 6) is 3.46. The van der Waals surface area contributed by atoms with E-state index < -0.39 is 0 Å². The second-order valence-corrected chi connectivity index (χ2v) is 3.10. The minimum absolute atomic E-state index is 0.438. The predicted octanol–water partition coefficient (Wildman–Crippen LogP) is 1.53. The van der Waals surface area contributed by atoms with Crippen LogP contribution in [0.25, 0.3) is 0 Å². The standard InChI is InChI=1S/C9H15N/c1-2-3-4-5-9(10)8-6-7-8/h1,8-9H,3-7,10H2. The second-order valence-electron chi connectivity index (χ2n) is 3.10. The Bertz CT molecular complexity index is 130. The molecule has 0 amide bonds. The van der Waals surface area contributed by atoms with E-state index in [1.807, 2.05) is 0 Å². The lowest BCUT2D eigenvalue weighted by Crippen LogP contribution is -2.21. The van der Waals surface area contributed by atoms with Gasteiger partial charge in [-0.05, 0) is 31.6 Å². The molecule has 1 saturated carbocycles. The van der Waals surface area contributed by atoms with Crippen LogP contribution in [0.15, 0.2) is 0 Å². The van der Waals surface area contributed by atoms with Gasteiger partial charge in [0.1, 0.15) is 0 Å². The van der Waals surface area contributed by atoms with Gasteiger partial charge in [0.25, 0.3) is 0 Å². The lowest BCUT2D eigenvalue weighted by Gasteiger charge is -2.06. The van der Waals surface area contributed by atoms with Crippen molar-refractivity contribution in [1.82, 2.24) is 0 Å². The topological polar surface area (TPSA) is 26.0 Å². The molecule has 1 atom stereocenters. The third-order valence-electron chi connectivity index (χ3n) is 2.09. The molecule has 1 aliphatic carbocycles. The van der Waals surface area contributed by atoms with Gasteiger partial charge in [0, 0.05) is 12.5 Å². The van der Waals surface area contributed by atoms with E-state index in [4.69, 9.17) is 12.2 Å². The molecule has 0 aromatic carbocycles. The Balaban J connectivity index is 1.96. The first kappa shape index (κ1) is 7.63. The summed E-state index contributed by atoms with van der Waals surface area (Å²) in [4.78, 5) is 0. The fourth-order valence-electron chi connectivity index (χ4n) is 1.20. The van der Waals surface area contributed by atoms with Crippen LogP contribution in [0.4, 0.5) is 0 Å². The van der Waals surface area contributed by atoms with Gasteiger partial charge in [0.05, 0.1) is 0 Å². The summed E-state index contributed by atoms with van der Waals surface area (Å²) in [6.07, 6.45) is 10.9. The summed E-state index contributed by atoms with van der Waals surface area (Å²) in [7, 11) is 0. The fraction of sp³-hybridized carbons (Fsp3) is 0.778. The highest BCUT2D eigenvalue weighted by atomic mass is 14.7. The van der Waals surface area contributed by atoms with Crippen molar-refractivity contribution in [3.8, 4) is 12.3 Å². The molecule has 0 radical (unpaired) electrons. The zero-order chi connectivity index (χ0) is 7.40. The van der Waals surface area contributed by atoms with Gasteiger partial charge in [-0.1, -0.05) is 0 Å². The van der Waals surface area contributed by atoms with Gasteiger partial charge in [-0.3, -0.25) is 0 Å². The summed E-state index contributed by atoms with van der Waals surface area (Å²) < 4.78 is 0. The highest BCUT2D eigenvalue weighted by Gasteiger charge is 2.27. The van der Waals surface area contributed by atoms with Crippen LogP contribution in [-0.2, 0) is 0 Å². The number of hydrogen-bond donors (Lipinski definition) is 1. The van der Waals surface area contributed by atoms with Crippen molar-refractivity contribution in [2.45, 2.75) is 38.1 Å². The zero-order valence-electron chi connectivity index (χ0n) is 6.34. The van der Waals surface area contributed by atoms with Crippen molar-refractivity contribution in [1.29, 1.82) is 0 Å². The van der Waals surface area contributed by atoms with Crippen molar-refractivity contribution >= 4 is 0 Å². The molecule has 1 heteroatoms. The van der Waals surface area contributed by atoms with E-state index in [1.165, 1.54) is 12.8 Å². The number of nitrogens with two attached hydrogens (primary N) is 1. The summed E-state index contributed by atoms with van der Waals surface area (Å²) in [5.41, 5.74) is 5.85. The SMILES string of the molecule is C#CCCCC(N)C1CC1. The monoisotopic (exact) mass is 137 g/mol. The molecule has 0 aliphatic heterocycles. The van der Waals surface area contributed by atoms with E-state index in [9.17, 15) is 0 Å². The molecule has 0 heterocycles. The molecule has 0 saturated heterocycles. The third kappa shape index (κ3) is 2.41. The minimum atomic E-state index is 0.438. The lowest BCUT2D eigenvalue weighted by atomic mass is 10.1. The highest BCUT2D eigenvalue weighted by molar-refractivity contribution is 4.87. The molecule has 0 aromatic rings. The number of rotatable bonds is 4. The van der Waals surface area contributed by atoms with E-state index in [0.717, 1.165) is 25.2 Å². The van der Waals surface area contributed by atoms with Gasteiger partial charge in [-0.2, -0.15) is 0 Å². The molecule has 1 unspecified atom stereocenters. The molecule has 1 rings (SSSR count). The van der Waals surface area contributed by atoms with Gasteiger partial charge in [0.15, 0.2) is 0 Å². The van der Waals surface area contributed by atoms with Crippen LogP contribution in [0.1, 0.15) is 32.1 Å². The third-order valence-corrected chi connectivity index (χ3v) is 2.09. The van der Waals surface area contributed by atoms with Gasteiger partial charge < -0.3 is 5.73 Å². The average molecular weight is 137 g/mol. The van der Waals surface area contributed by atoms with Crippen LogP contribution in [0.3, 0.4) is 0 Å². The molecule has 10 heavy (non-hydrogen) atoms. The number of unbranched alkanes of at least 4 members (excludes halogenated alkanes) is 1. The van der Waals surface area contributed by atoms with Crippen LogP contribution < -0.4 is 5.73 Å². The Kier molecular flexibility index (Phi) is 2.77. The maximum atomic E-state index is 5.85. The van der Waals surface area contributed by atoms with Crippen LogP contribution in [0, 0.1) is 18.3 Å². The fourth-order valence-corrected chi connectivity index (χ4v) is 1.20. The van der Waals surface area contributed by atoms with E-state index in [0.29, 0.717) is 6.04 Å². The Morgan fingerprint density at radius 3 is 2.80 bits per heavy atom. The van der Waals surface area contributed by atoms with Crippen molar-refractivity contribution in [2.24, 2.45) is 11.7 Å². The molecule has 1 aliphatic rings. The minimum Gasteiger partial charge on any atom is -0.327 e. The van der Waals surface area contributed by atoms with Gasteiger partial charge in [-0.15, -0.1) is 12.3 Å². The first-order valence-electron chi connectivity index (χ1n) is 4.03. The molecular formula is C9H15N. The Morgan fingerprint density at radius 1 is 1.60 bits per heavy atom. The van der Waals surface area contributed by atoms with Gasteiger partial charge >= 0.3 is 0 Å². The van der Waals surface area contributed by atoms with Crippen molar-refractivity contribution < 1.29 is 0 Å². The van der Waals surface area contributed by atoms with E-state index in [1.54, 1.807) is 0 Å². The smallest absolute Gasteiger partial charge is 0.00866 e. The number of terminal acetylenes is 1. The first-order chi connectivity index (χ1) is 4.84. The van der Waals surface area contributed by atoms with Crippen LogP contribution >= 0.6 is 0 Å². The van der Waals surface area contributed by atoms with E-state index >= 15 is 0 Å². The summed E-state index contributed by atoms with van der Waals surface area (Å²) in [6, 6.07) is 0.438. The molecular weight excluding hydrogens is 122 g/mol. The summed E-state index contributed by atoms with van der Waals surface area (Å²) in [5, 5.41) is 0. The van der Waals surface area contributed by atoms with Crippen molar-refractivity contribution in [3.05, 3.63) is 0 Å². The molecule has 1 nitrogen and oxygen atoms in total. The van der Waals surface area contributed by atoms with Crippen molar-refractivity contribution in [3.63, 3.8) is 0 Å².